The number of amides is 1. The minimum atomic E-state index is -0.607. The van der Waals surface area contributed by atoms with Crippen LogP contribution in [-0.2, 0) is 6.42 Å². The molecule has 1 aromatic heterocycles. The van der Waals surface area contributed by atoms with Crippen LogP contribution in [0.15, 0.2) is 18.2 Å². The Morgan fingerprint density at radius 2 is 2.30 bits per heavy atom. The number of nitro groups is 1. The van der Waals surface area contributed by atoms with Crippen LogP contribution >= 0.6 is 23.1 Å². The highest BCUT2D eigenvalue weighted by atomic mass is 35.5. The maximum absolute atomic E-state index is 12.0. The molecule has 0 saturated carbocycles. The first-order chi connectivity index (χ1) is 9.52. The maximum atomic E-state index is 12.0. The molecule has 0 fully saturated rings. The number of nitrogens with one attached hydrogen (secondary N) is 1. The van der Waals surface area contributed by atoms with E-state index in [4.69, 9.17) is 11.6 Å². The molecule has 0 aliphatic carbocycles. The van der Waals surface area contributed by atoms with Crippen molar-refractivity contribution in [1.29, 1.82) is 0 Å². The summed E-state index contributed by atoms with van der Waals surface area (Å²) in [5, 5.41) is 17.2. The van der Waals surface area contributed by atoms with Gasteiger partial charge < -0.3 is 5.32 Å². The van der Waals surface area contributed by atoms with Crippen molar-refractivity contribution in [2.24, 2.45) is 0 Å². The molecule has 0 bridgehead atoms. The van der Waals surface area contributed by atoms with Gasteiger partial charge in [-0.2, -0.15) is 0 Å². The van der Waals surface area contributed by atoms with Gasteiger partial charge in [0.25, 0.3) is 11.6 Å². The molecule has 1 N–H and O–H groups in total. The SMILES string of the molecule is CCc1nnsc1C(=O)Nc1ccc(Cl)c([N+](=O)[O-])c1. The van der Waals surface area contributed by atoms with Crippen molar-refractivity contribution < 1.29 is 9.72 Å². The lowest BCUT2D eigenvalue weighted by Crippen LogP contribution is -2.12. The van der Waals surface area contributed by atoms with Crippen LogP contribution in [0.2, 0.25) is 5.02 Å². The normalized spacial score (nSPS) is 10.3. The van der Waals surface area contributed by atoms with Crippen molar-refractivity contribution >= 4 is 40.4 Å². The van der Waals surface area contributed by atoms with Crippen molar-refractivity contribution in [3.8, 4) is 0 Å². The molecule has 2 aromatic rings. The first-order valence-corrected chi connectivity index (χ1v) is 6.74. The maximum Gasteiger partial charge on any atom is 0.289 e. The zero-order valence-corrected chi connectivity index (χ0v) is 11.9. The number of aromatic nitrogens is 2. The molecule has 0 spiro atoms. The summed E-state index contributed by atoms with van der Waals surface area (Å²) < 4.78 is 3.72. The second-order valence-corrected chi connectivity index (χ2v) is 4.94. The largest absolute Gasteiger partial charge is 0.321 e. The van der Waals surface area contributed by atoms with E-state index in [9.17, 15) is 14.9 Å². The third kappa shape index (κ3) is 2.91. The van der Waals surface area contributed by atoms with Gasteiger partial charge in [0.2, 0.25) is 0 Å². The first-order valence-electron chi connectivity index (χ1n) is 5.59. The van der Waals surface area contributed by atoms with Gasteiger partial charge in [0.15, 0.2) is 0 Å². The molecule has 1 heterocycles. The Kier molecular flexibility index (Phi) is 4.26. The van der Waals surface area contributed by atoms with Gasteiger partial charge in [-0.1, -0.05) is 23.0 Å². The van der Waals surface area contributed by atoms with E-state index in [1.807, 2.05) is 6.92 Å². The Bertz CT molecular complexity index is 673. The van der Waals surface area contributed by atoms with Gasteiger partial charge in [-0.15, -0.1) is 5.10 Å². The molecule has 0 radical (unpaired) electrons. The van der Waals surface area contributed by atoms with Crippen LogP contribution in [0.25, 0.3) is 0 Å². The standard InChI is InChI=1S/C11H9ClN4O3S/c1-2-8-10(20-15-14-8)11(17)13-6-3-4-7(12)9(5-6)16(18)19/h3-5H,2H2,1H3,(H,13,17). The third-order valence-electron chi connectivity index (χ3n) is 2.50. The number of aryl methyl sites for hydroxylation is 1. The number of hydrogen-bond acceptors (Lipinski definition) is 6. The van der Waals surface area contributed by atoms with E-state index in [1.54, 1.807) is 0 Å². The summed E-state index contributed by atoms with van der Waals surface area (Å²) in [4.78, 5) is 22.6. The van der Waals surface area contributed by atoms with Gasteiger partial charge in [0.05, 0.1) is 10.6 Å². The summed E-state index contributed by atoms with van der Waals surface area (Å²) >= 11 is 6.68. The highest BCUT2D eigenvalue weighted by Gasteiger charge is 2.17. The number of halogens is 1. The third-order valence-corrected chi connectivity index (χ3v) is 3.58. The molecule has 20 heavy (non-hydrogen) atoms. The second kappa shape index (κ2) is 5.93. The van der Waals surface area contributed by atoms with Crippen molar-refractivity contribution in [1.82, 2.24) is 9.59 Å². The van der Waals surface area contributed by atoms with Crippen LogP contribution < -0.4 is 5.32 Å². The lowest BCUT2D eigenvalue weighted by Gasteiger charge is -2.04. The summed E-state index contributed by atoms with van der Waals surface area (Å²) in [7, 11) is 0. The van der Waals surface area contributed by atoms with Crippen molar-refractivity contribution in [2.75, 3.05) is 5.32 Å². The minimum absolute atomic E-state index is 0.0155. The smallest absolute Gasteiger partial charge is 0.289 e. The Morgan fingerprint density at radius 3 is 2.95 bits per heavy atom. The highest BCUT2D eigenvalue weighted by Crippen LogP contribution is 2.27. The molecule has 9 heteroatoms. The van der Waals surface area contributed by atoms with Crippen molar-refractivity contribution in [3.05, 3.63) is 43.9 Å². The Morgan fingerprint density at radius 1 is 1.55 bits per heavy atom. The molecule has 1 amide bonds. The van der Waals surface area contributed by atoms with Crippen LogP contribution in [0.3, 0.4) is 0 Å². The second-order valence-electron chi connectivity index (χ2n) is 3.78. The quantitative estimate of drug-likeness (QED) is 0.691. The highest BCUT2D eigenvalue weighted by molar-refractivity contribution is 7.08. The monoisotopic (exact) mass is 312 g/mol. The zero-order chi connectivity index (χ0) is 14.7. The van der Waals surface area contributed by atoms with Gasteiger partial charge in [-0.3, -0.25) is 14.9 Å². The van der Waals surface area contributed by atoms with Gasteiger partial charge in [-0.25, -0.2) is 0 Å². The van der Waals surface area contributed by atoms with E-state index in [-0.39, 0.29) is 10.7 Å². The van der Waals surface area contributed by atoms with Gasteiger partial charge in [-0.05, 0) is 30.1 Å². The number of benzene rings is 1. The first kappa shape index (κ1) is 14.4. The number of carbonyl (C=O) groups excluding carboxylic acids is 1. The number of rotatable bonds is 4. The Hall–Kier alpha value is -2.06. The van der Waals surface area contributed by atoms with Crippen molar-refractivity contribution in [2.45, 2.75) is 13.3 Å². The fourth-order valence-corrected chi connectivity index (χ4v) is 2.36. The summed E-state index contributed by atoms with van der Waals surface area (Å²) in [6, 6.07) is 4.06. The van der Waals surface area contributed by atoms with E-state index >= 15 is 0 Å². The molecule has 0 aliphatic rings. The lowest BCUT2D eigenvalue weighted by molar-refractivity contribution is -0.384. The topological polar surface area (TPSA) is 98.0 Å². The van der Waals surface area contributed by atoms with E-state index in [1.165, 1.54) is 18.2 Å². The number of hydrogen-bond donors (Lipinski definition) is 1. The fraction of sp³-hybridized carbons (Fsp3) is 0.182. The molecular weight excluding hydrogens is 304 g/mol. The zero-order valence-electron chi connectivity index (χ0n) is 10.3. The number of nitrogens with zero attached hydrogens (tertiary/aromatic N) is 3. The van der Waals surface area contributed by atoms with Crippen LogP contribution in [0.4, 0.5) is 11.4 Å². The summed E-state index contributed by atoms with van der Waals surface area (Å²) in [6.07, 6.45) is 0.583. The van der Waals surface area contributed by atoms with Gasteiger partial charge in [0, 0.05) is 11.8 Å². The van der Waals surface area contributed by atoms with E-state index < -0.39 is 10.8 Å². The summed E-state index contributed by atoms with van der Waals surface area (Å²) in [6.45, 7) is 1.86. The van der Waals surface area contributed by atoms with Gasteiger partial charge in [0.1, 0.15) is 9.90 Å². The van der Waals surface area contributed by atoms with Crippen LogP contribution in [0.1, 0.15) is 22.3 Å². The number of nitro benzene ring substituents is 1. The Labute approximate surface area is 122 Å². The molecule has 104 valence electrons. The van der Waals surface area contributed by atoms with E-state index in [0.29, 0.717) is 22.7 Å². The molecule has 1 aromatic carbocycles. The molecule has 0 atom stereocenters. The predicted octanol–water partition coefficient (Wildman–Crippen LogP) is 2.91. The molecule has 0 unspecified atom stereocenters. The molecule has 2 rings (SSSR count). The molecule has 0 aliphatic heterocycles. The average molecular weight is 313 g/mol. The summed E-state index contributed by atoms with van der Waals surface area (Å²) in [5.74, 6) is -0.395. The Balaban J connectivity index is 2.24. The average Bonchev–Trinajstić information content (AvgIpc) is 2.89. The molecular formula is C11H9ClN4O3S. The van der Waals surface area contributed by atoms with Gasteiger partial charge >= 0.3 is 0 Å². The lowest BCUT2D eigenvalue weighted by atomic mass is 10.2. The number of anilines is 1. The summed E-state index contributed by atoms with van der Waals surface area (Å²) in [5.41, 5.74) is 0.625. The molecule has 0 saturated heterocycles. The fourth-order valence-electron chi connectivity index (χ4n) is 1.53. The van der Waals surface area contributed by atoms with Crippen molar-refractivity contribution in [3.63, 3.8) is 0 Å². The van der Waals surface area contributed by atoms with Crippen LogP contribution in [0.5, 0.6) is 0 Å². The van der Waals surface area contributed by atoms with E-state index in [0.717, 1.165) is 11.5 Å². The number of carbonyl (C=O) groups is 1. The molecule has 7 nitrogen and oxygen atoms in total. The minimum Gasteiger partial charge on any atom is -0.321 e. The predicted molar refractivity (Wildman–Crippen MR) is 75.3 cm³/mol. The van der Waals surface area contributed by atoms with Crippen LogP contribution in [-0.4, -0.2) is 20.4 Å². The van der Waals surface area contributed by atoms with Crippen LogP contribution in [0, 0.1) is 10.1 Å². The van der Waals surface area contributed by atoms with E-state index in [2.05, 4.69) is 14.9 Å².